The number of nitrogens with one attached hydrogen (secondary N) is 1. The molecule has 0 aliphatic carbocycles. The predicted octanol–water partition coefficient (Wildman–Crippen LogP) is 1.39. The maximum Gasteiger partial charge on any atom is 0.326 e. The zero-order valence-electron chi connectivity index (χ0n) is 16.2. The molecule has 1 aliphatic heterocycles. The topological polar surface area (TPSA) is 107 Å². The fourth-order valence-corrected chi connectivity index (χ4v) is 3.22. The highest BCUT2D eigenvalue weighted by Gasteiger charge is 2.32. The van der Waals surface area contributed by atoms with Crippen LogP contribution in [0, 0.1) is 0 Å². The number of nitrogens with zero attached hydrogens (tertiary/aromatic N) is 2. The third-order valence-electron chi connectivity index (χ3n) is 4.71. The number of carboxylic acids is 1. The second kappa shape index (κ2) is 9.16. The van der Waals surface area contributed by atoms with E-state index in [1.165, 1.54) is 30.6 Å². The van der Waals surface area contributed by atoms with Gasteiger partial charge in [0, 0.05) is 33.1 Å². The number of benzene rings is 1. The molecule has 0 fully saturated rings. The van der Waals surface area contributed by atoms with Gasteiger partial charge in [-0.25, -0.2) is 4.79 Å². The molecule has 3 amide bonds. The molecule has 0 aromatic heterocycles. The average molecular weight is 387 g/mol. The standard InChI is InChI=1S/C20H25N3O5/c1-13(20(27)28)22(11-9-21-14(2)24)19(26)12-18-17-7-5-4-6-16(17)8-10-23(18)15(3)25/h4-8,10,13,18H,9,11-12H2,1-3H3,(H,21,24)(H,27,28). The van der Waals surface area contributed by atoms with Crippen molar-refractivity contribution >= 4 is 29.8 Å². The van der Waals surface area contributed by atoms with Crippen molar-refractivity contribution in [2.45, 2.75) is 39.3 Å². The van der Waals surface area contributed by atoms with Crippen molar-refractivity contribution < 1.29 is 24.3 Å². The van der Waals surface area contributed by atoms with Gasteiger partial charge in [0.2, 0.25) is 17.7 Å². The number of aliphatic carboxylic acids is 1. The number of carbonyl (C=O) groups is 4. The molecule has 0 radical (unpaired) electrons. The van der Waals surface area contributed by atoms with Crippen molar-refractivity contribution in [2.24, 2.45) is 0 Å². The smallest absolute Gasteiger partial charge is 0.326 e. The molecule has 28 heavy (non-hydrogen) atoms. The highest BCUT2D eigenvalue weighted by Crippen LogP contribution is 2.33. The van der Waals surface area contributed by atoms with Crippen LogP contribution >= 0.6 is 0 Å². The molecule has 1 aromatic carbocycles. The summed E-state index contributed by atoms with van der Waals surface area (Å²) in [5, 5.41) is 11.9. The second-order valence-electron chi connectivity index (χ2n) is 6.68. The normalized spacial score (nSPS) is 16.1. The SMILES string of the molecule is CC(=O)NCCN(C(=O)CC1c2ccccc2C=CN1C(C)=O)C(C)C(=O)O. The van der Waals surface area contributed by atoms with E-state index in [2.05, 4.69) is 5.32 Å². The number of hydrogen-bond acceptors (Lipinski definition) is 4. The Morgan fingerprint density at radius 1 is 1.21 bits per heavy atom. The van der Waals surface area contributed by atoms with Crippen molar-refractivity contribution in [1.29, 1.82) is 0 Å². The van der Waals surface area contributed by atoms with Crippen LogP contribution in [0.15, 0.2) is 30.5 Å². The van der Waals surface area contributed by atoms with E-state index in [1.54, 1.807) is 6.20 Å². The van der Waals surface area contributed by atoms with Gasteiger partial charge >= 0.3 is 5.97 Å². The number of hydrogen-bond donors (Lipinski definition) is 2. The summed E-state index contributed by atoms with van der Waals surface area (Å²) in [6.07, 6.45) is 3.40. The van der Waals surface area contributed by atoms with Gasteiger partial charge in [0.15, 0.2) is 0 Å². The molecule has 150 valence electrons. The lowest BCUT2D eigenvalue weighted by atomic mass is 9.93. The Hall–Kier alpha value is -3.16. The minimum Gasteiger partial charge on any atom is -0.480 e. The zero-order chi connectivity index (χ0) is 20.8. The Morgan fingerprint density at radius 2 is 1.89 bits per heavy atom. The van der Waals surface area contributed by atoms with Gasteiger partial charge < -0.3 is 20.2 Å². The first-order valence-corrected chi connectivity index (χ1v) is 9.05. The van der Waals surface area contributed by atoms with Crippen LogP contribution in [-0.4, -0.2) is 57.7 Å². The molecule has 8 heteroatoms. The van der Waals surface area contributed by atoms with E-state index < -0.39 is 24.0 Å². The molecule has 2 N–H and O–H groups in total. The van der Waals surface area contributed by atoms with Gasteiger partial charge in [-0.15, -0.1) is 0 Å². The van der Waals surface area contributed by atoms with Crippen LogP contribution in [0.5, 0.6) is 0 Å². The minimum atomic E-state index is -1.14. The first-order chi connectivity index (χ1) is 13.2. The Labute approximate surface area is 163 Å². The third kappa shape index (κ3) is 4.97. The van der Waals surface area contributed by atoms with E-state index in [0.29, 0.717) is 0 Å². The summed E-state index contributed by atoms with van der Waals surface area (Å²) in [6, 6.07) is 5.89. The maximum atomic E-state index is 13.0. The van der Waals surface area contributed by atoms with Gasteiger partial charge in [-0.2, -0.15) is 0 Å². The average Bonchev–Trinajstić information content (AvgIpc) is 2.64. The van der Waals surface area contributed by atoms with E-state index in [4.69, 9.17) is 0 Å². The van der Waals surface area contributed by atoms with Gasteiger partial charge in [0.05, 0.1) is 12.5 Å². The maximum absolute atomic E-state index is 13.0. The summed E-state index contributed by atoms with van der Waals surface area (Å²) in [4.78, 5) is 50.3. The summed E-state index contributed by atoms with van der Waals surface area (Å²) in [7, 11) is 0. The molecular weight excluding hydrogens is 362 g/mol. The lowest BCUT2D eigenvalue weighted by Gasteiger charge is -2.34. The van der Waals surface area contributed by atoms with Crippen molar-refractivity contribution in [1.82, 2.24) is 15.1 Å². The lowest BCUT2D eigenvalue weighted by Crippen LogP contribution is -2.48. The molecular formula is C20H25N3O5. The predicted molar refractivity (Wildman–Crippen MR) is 103 cm³/mol. The van der Waals surface area contributed by atoms with Crippen LogP contribution in [0.4, 0.5) is 0 Å². The Balaban J connectivity index is 2.25. The summed E-state index contributed by atoms with van der Waals surface area (Å²) < 4.78 is 0. The first kappa shape index (κ1) is 21.1. The summed E-state index contributed by atoms with van der Waals surface area (Å²) >= 11 is 0. The Kier molecular flexibility index (Phi) is 6.92. The molecule has 1 heterocycles. The molecule has 2 atom stereocenters. The van der Waals surface area contributed by atoms with Crippen LogP contribution in [0.1, 0.15) is 44.4 Å². The van der Waals surface area contributed by atoms with Gasteiger partial charge in [-0.1, -0.05) is 24.3 Å². The number of carboxylic acid groups (broad SMARTS) is 1. The second-order valence-corrected chi connectivity index (χ2v) is 6.68. The molecule has 0 spiro atoms. The minimum absolute atomic E-state index is 0.0569. The van der Waals surface area contributed by atoms with Crippen molar-refractivity contribution in [3.8, 4) is 0 Å². The van der Waals surface area contributed by atoms with Gasteiger partial charge in [0.25, 0.3) is 0 Å². The highest BCUT2D eigenvalue weighted by molar-refractivity contribution is 5.85. The number of fused-ring (bicyclic) bond motifs is 1. The van der Waals surface area contributed by atoms with E-state index in [-0.39, 0.29) is 31.3 Å². The Bertz CT molecular complexity index is 805. The molecule has 2 rings (SSSR count). The molecule has 1 aliphatic rings. The largest absolute Gasteiger partial charge is 0.480 e. The monoisotopic (exact) mass is 387 g/mol. The third-order valence-corrected chi connectivity index (χ3v) is 4.71. The van der Waals surface area contributed by atoms with Crippen molar-refractivity contribution in [3.63, 3.8) is 0 Å². The van der Waals surface area contributed by atoms with Crippen LogP contribution in [0.2, 0.25) is 0 Å². The number of amides is 3. The van der Waals surface area contributed by atoms with Gasteiger partial charge in [0.1, 0.15) is 6.04 Å². The summed E-state index contributed by atoms with van der Waals surface area (Å²) in [5.74, 6) is -2.01. The zero-order valence-corrected chi connectivity index (χ0v) is 16.2. The van der Waals surface area contributed by atoms with E-state index in [1.807, 2.05) is 30.3 Å². The Morgan fingerprint density at radius 3 is 2.50 bits per heavy atom. The van der Waals surface area contributed by atoms with E-state index in [9.17, 15) is 24.3 Å². The highest BCUT2D eigenvalue weighted by atomic mass is 16.4. The molecule has 8 nitrogen and oxygen atoms in total. The first-order valence-electron chi connectivity index (χ1n) is 9.05. The van der Waals surface area contributed by atoms with Crippen LogP contribution in [0.25, 0.3) is 6.08 Å². The fraction of sp³-hybridized carbons (Fsp3) is 0.400. The number of rotatable bonds is 7. The fourth-order valence-electron chi connectivity index (χ4n) is 3.22. The van der Waals surface area contributed by atoms with Crippen LogP contribution < -0.4 is 5.32 Å². The quantitative estimate of drug-likeness (QED) is 0.735. The molecule has 1 aromatic rings. The summed E-state index contributed by atoms with van der Waals surface area (Å²) in [5.41, 5.74) is 1.74. The van der Waals surface area contributed by atoms with E-state index in [0.717, 1.165) is 11.1 Å². The summed E-state index contributed by atoms with van der Waals surface area (Å²) in [6.45, 7) is 4.41. The van der Waals surface area contributed by atoms with E-state index >= 15 is 0 Å². The lowest BCUT2D eigenvalue weighted by molar-refractivity contribution is -0.150. The van der Waals surface area contributed by atoms with Crippen LogP contribution in [0.3, 0.4) is 0 Å². The van der Waals surface area contributed by atoms with Crippen LogP contribution in [-0.2, 0) is 19.2 Å². The molecule has 0 bridgehead atoms. The molecule has 2 unspecified atom stereocenters. The van der Waals surface area contributed by atoms with Gasteiger partial charge in [-0.05, 0) is 24.1 Å². The van der Waals surface area contributed by atoms with Crippen molar-refractivity contribution in [3.05, 3.63) is 41.6 Å². The van der Waals surface area contributed by atoms with Crippen molar-refractivity contribution in [2.75, 3.05) is 13.1 Å². The molecule has 0 saturated carbocycles. The van der Waals surface area contributed by atoms with Gasteiger partial charge in [-0.3, -0.25) is 14.4 Å². The molecule has 0 saturated heterocycles. The number of carbonyl (C=O) groups excluding carboxylic acids is 3.